The van der Waals surface area contributed by atoms with Crippen LogP contribution < -0.4 is 9.80 Å². The van der Waals surface area contributed by atoms with Gasteiger partial charge in [0.1, 0.15) is 5.82 Å². The largest absolute Gasteiger partial charge is 0.368 e. The fourth-order valence-electron chi connectivity index (χ4n) is 4.01. The Morgan fingerprint density at radius 3 is 2.40 bits per heavy atom. The summed E-state index contributed by atoms with van der Waals surface area (Å²) in [5, 5.41) is 0. The number of carbonyl (C=O) groups excluding carboxylic acids is 1. The molecule has 2 aliphatic heterocycles. The van der Waals surface area contributed by atoms with E-state index in [1.54, 1.807) is 12.1 Å². The number of nitrogens with zero attached hydrogens (tertiary/aromatic N) is 3. The lowest BCUT2D eigenvalue weighted by Gasteiger charge is -2.35. The fourth-order valence-corrected chi connectivity index (χ4v) is 4.01. The monoisotopic (exact) mass is 415 g/mol. The van der Waals surface area contributed by atoms with Gasteiger partial charge in [-0.25, -0.2) is 13.2 Å². The zero-order valence-electron chi connectivity index (χ0n) is 16.9. The van der Waals surface area contributed by atoms with E-state index < -0.39 is 11.6 Å². The Morgan fingerprint density at radius 2 is 1.67 bits per heavy atom. The van der Waals surface area contributed by atoms with Crippen LogP contribution in [0.15, 0.2) is 42.0 Å². The van der Waals surface area contributed by atoms with Gasteiger partial charge in [-0.05, 0) is 56.3 Å². The highest BCUT2D eigenvalue weighted by Gasteiger charge is 2.26. The summed E-state index contributed by atoms with van der Waals surface area (Å²) in [6.45, 7) is 3.91. The number of anilines is 2. The number of rotatable bonds is 3. The van der Waals surface area contributed by atoms with Crippen molar-refractivity contribution in [3.63, 3.8) is 0 Å². The van der Waals surface area contributed by atoms with E-state index in [9.17, 15) is 18.0 Å². The van der Waals surface area contributed by atoms with E-state index in [2.05, 4.69) is 16.8 Å². The highest BCUT2D eigenvalue weighted by atomic mass is 19.2. The lowest BCUT2D eigenvalue weighted by atomic mass is 9.99. The van der Waals surface area contributed by atoms with Gasteiger partial charge in [-0.1, -0.05) is 0 Å². The molecule has 0 N–H and O–H groups in total. The van der Waals surface area contributed by atoms with Crippen molar-refractivity contribution in [1.29, 1.82) is 0 Å². The van der Waals surface area contributed by atoms with Gasteiger partial charge in [-0.3, -0.25) is 4.79 Å². The highest BCUT2D eigenvalue weighted by Crippen LogP contribution is 2.30. The van der Waals surface area contributed by atoms with Gasteiger partial charge in [0.2, 0.25) is 0 Å². The molecular weight excluding hydrogens is 391 g/mol. The number of carbonyl (C=O) groups is 1. The molecule has 2 heterocycles. The summed E-state index contributed by atoms with van der Waals surface area (Å²) in [5.74, 6) is -2.56. The maximum Gasteiger partial charge on any atom is 0.254 e. The lowest BCUT2D eigenvalue weighted by Crippen LogP contribution is -2.44. The number of halogens is 3. The van der Waals surface area contributed by atoms with Crippen LogP contribution in [0.2, 0.25) is 0 Å². The van der Waals surface area contributed by atoms with Crippen molar-refractivity contribution in [3.05, 3.63) is 65.0 Å². The third-order valence-corrected chi connectivity index (χ3v) is 5.73. The molecular formula is C23H24F3N3O. The van der Waals surface area contributed by atoms with E-state index in [4.69, 9.17) is 0 Å². The first-order valence-electron chi connectivity index (χ1n) is 10.1. The summed E-state index contributed by atoms with van der Waals surface area (Å²) < 4.78 is 41.0. The van der Waals surface area contributed by atoms with Crippen LogP contribution in [0, 0.1) is 17.5 Å². The minimum Gasteiger partial charge on any atom is -0.368 e. The third-order valence-electron chi connectivity index (χ3n) is 5.73. The molecule has 2 aromatic rings. The number of hydrogen-bond donors (Lipinski definition) is 0. The Morgan fingerprint density at radius 1 is 0.900 bits per heavy atom. The van der Waals surface area contributed by atoms with Crippen LogP contribution in [-0.4, -0.2) is 50.6 Å². The molecule has 0 bridgehead atoms. The number of piperazine rings is 1. The lowest BCUT2D eigenvalue weighted by molar-refractivity contribution is -0.115. The molecule has 158 valence electrons. The predicted octanol–water partition coefficient (Wildman–Crippen LogP) is 4.07. The Hall–Kier alpha value is -2.80. The SMILES string of the molecule is CN1CCN(c2ccc(F)cc2/C=C2\CCCN(c3ccc(F)c(F)c3)C2=O)CC1. The van der Waals surface area contributed by atoms with Gasteiger partial charge >= 0.3 is 0 Å². The van der Waals surface area contributed by atoms with Crippen LogP contribution in [0.1, 0.15) is 18.4 Å². The number of benzene rings is 2. The number of hydrogen-bond acceptors (Lipinski definition) is 3. The number of likely N-dealkylation sites (N-methyl/N-ethyl adjacent to an activating group) is 1. The molecule has 2 aliphatic rings. The maximum atomic E-state index is 14.0. The summed E-state index contributed by atoms with van der Waals surface area (Å²) in [6.07, 6.45) is 2.98. The van der Waals surface area contributed by atoms with E-state index in [0.717, 1.165) is 44.0 Å². The standard InChI is InChI=1S/C23H24F3N3O/c1-27-9-11-28(12-10-27)22-7-4-18(24)14-17(22)13-16-3-2-8-29(23(16)30)19-5-6-20(25)21(26)15-19/h4-7,13-15H,2-3,8-12H2,1H3/b16-13+. The molecule has 2 fully saturated rings. The van der Waals surface area contributed by atoms with Crippen LogP contribution in [0.4, 0.5) is 24.5 Å². The molecule has 30 heavy (non-hydrogen) atoms. The third kappa shape index (κ3) is 4.21. The molecule has 4 nitrogen and oxygen atoms in total. The Bertz CT molecular complexity index is 984. The van der Waals surface area contributed by atoms with Crippen molar-refractivity contribution in [3.8, 4) is 0 Å². The molecule has 2 aromatic carbocycles. The molecule has 0 spiro atoms. The van der Waals surface area contributed by atoms with Gasteiger partial charge in [-0.2, -0.15) is 0 Å². The topological polar surface area (TPSA) is 26.8 Å². The average molecular weight is 415 g/mol. The summed E-state index contributed by atoms with van der Waals surface area (Å²) in [6, 6.07) is 8.10. The summed E-state index contributed by atoms with van der Waals surface area (Å²) >= 11 is 0. The van der Waals surface area contributed by atoms with Crippen LogP contribution in [0.25, 0.3) is 6.08 Å². The van der Waals surface area contributed by atoms with Crippen molar-refractivity contribution in [2.45, 2.75) is 12.8 Å². The summed E-state index contributed by atoms with van der Waals surface area (Å²) in [5.41, 5.74) is 2.42. The van der Waals surface area contributed by atoms with E-state index >= 15 is 0 Å². The molecule has 0 aliphatic carbocycles. The van der Waals surface area contributed by atoms with Crippen molar-refractivity contribution in [2.24, 2.45) is 0 Å². The second-order valence-corrected chi connectivity index (χ2v) is 7.82. The molecule has 0 aromatic heterocycles. The molecule has 0 atom stereocenters. The van der Waals surface area contributed by atoms with Gasteiger partial charge in [0, 0.05) is 61.3 Å². The number of piperidine rings is 1. The van der Waals surface area contributed by atoms with E-state index in [0.29, 0.717) is 36.2 Å². The number of amides is 1. The minimum absolute atomic E-state index is 0.263. The van der Waals surface area contributed by atoms with Crippen molar-refractivity contribution >= 4 is 23.4 Å². The van der Waals surface area contributed by atoms with Crippen molar-refractivity contribution in [1.82, 2.24) is 4.90 Å². The van der Waals surface area contributed by atoms with Gasteiger partial charge in [0.25, 0.3) is 5.91 Å². The van der Waals surface area contributed by atoms with Crippen LogP contribution in [-0.2, 0) is 4.79 Å². The van der Waals surface area contributed by atoms with Gasteiger partial charge in [0.15, 0.2) is 11.6 Å². The zero-order valence-corrected chi connectivity index (χ0v) is 16.9. The van der Waals surface area contributed by atoms with Gasteiger partial charge in [0.05, 0.1) is 0 Å². The molecule has 7 heteroatoms. The fraction of sp³-hybridized carbons (Fsp3) is 0.348. The quantitative estimate of drug-likeness (QED) is 0.708. The molecule has 4 rings (SSSR count). The van der Waals surface area contributed by atoms with Crippen LogP contribution in [0.3, 0.4) is 0 Å². The first-order chi connectivity index (χ1) is 14.4. The zero-order chi connectivity index (χ0) is 21.3. The second-order valence-electron chi connectivity index (χ2n) is 7.82. The predicted molar refractivity (Wildman–Crippen MR) is 112 cm³/mol. The van der Waals surface area contributed by atoms with E-state index in [1.165, 1.54) is 23.1 Å². The molecule has 0 radical (unpaired) electrons. The smallest absolute Gasteiger partial charge is 0.254 e. The second kappa shape index (κ2) is 8.52. The maximum absolute atomic E-state index is 14.0. The van der Waals surface area contributed by atoms with E-state index in [-0.39, 0.29) is 11.7 Å². The van der Waals surface area contributed by atoms with Gasteiger partial charge in [-0.15, -0.1) is 0 Å². The van der Waals surface area contributed by atoms with Crippen LogP contribution >= 0.6 is 0 Å². The first-order valence-corrected chi connectivity index (χ1v) is 10.1. The Balaban J connectivity index is 1.64. The average Bonchev–Trinajstić information content (AvgIpc) is 2.73. The van der Waals surface area contributed by atoms with Gasteiger partial charge < -0.3 is 14.7 Å². The summed E-state index contributed by atoms with van der Waals surface area (Å²) in [7, 11) is 2.07. The highest BCUT2D eigenvalue weighted by molar-refractivity contribution is 6.09. The van der Waals surface area contributed by atoms with Crippen molar-refractivity contribution < 1.29 is 18.0 Å². The van der Waals surface area contributed by atoms with E-state index in [1.807, 2.05) is 0 Å². The first kappa shape index (κ1) is 20.5. The van der Waals surface area contributed by atoms with Crippen LogP contribution in [0.5, 0.6) is 0 Å². The normalized spacial score (nSPS) is 19.6. The molecule has 2 saturated heterocycles. The molecule has 1 amide bonds. The Labute approximate surface area is 174 Å². The Kier molecular flexibility index (Phi) is 5.81. The minimum atomic E-state index is -0.987. The molecule has 0 unspecified atom stereocenters. The van der Waals surface area contributed by atoms with Crippen molar-refractivity contribution in [2.75, 3.05) is 49.6 Å². The summed E-state index contributed by atoms with van der Waals surface area (Å²) in [4.78, 5) is 19.0. The molecule has 0 saturated carbocycles.